The monoisotopic (exact) mass is 555 g/mol. The van der Waals surface area contributed by atoms with Gasteiger partial charge in [0.2, 0.25) is 10.0 Å². The average molecular weight is 555 g/mol. The van der Waals surface area contributed by atoms with Gasteiger partial charge in [-0.1, -0.05) is 12.1 Å². The van der Waals surface area contributed by atoms with Crippen molar-refractivity contribution in [2.45, 2.75) is 19.3 Å². The lowest BCUT2D eigenvalue weighted by molar-refractivity contribution is -0.137. The smallest absolute Gasteiger partial charge is 0.416 e. The fourth-order valence-electron chi connectivity index (χ4n) is 4.00. The normalized spacial score (nSPS) is 12.2. The molecule has 4 rings (SSSR count). The van der Waals surface area contributed by atoms with Crippen molar-refractivity contribution < 1.29 is 39.9 Å². The predicted octanol–water partition coefficient (Wildman–Crippen LogP) is 4.35. The number of halogens is 5. The summed E-state index contributed by atoms with van der Waals surface area (Å²) in [4.78, 5) is 28.3. The van der Waals surface area contributed by atoms with Gasteiger partial charge in [0.15, 0.2) is 0 Å². The Morgan fingerprint density at radius 2 is 1.79 bits per heavy atom. The zero-order valence-corrected chi connectivity index (χ0v) is 20.2. The first-order valence-electron chi connectivity index (χ1n) is 10.7. The van der Waals surface area contributed by atoms with Crippen LogP contribution in [0.3, 0.4) is 0 Å². The Balaban J connectivity index is 2.02. The number of aromatic nitrogens is 2. The van der Waals surface area contributed by atoms with Gasteiger partial charge < -0.3 is 14.3 Å². The summed E-state index contributed by atoms with van der Waals surface area (Å²) in [5.41, 5.74) is -2.07. The van der Waals surface area contributed by atoms with Crippen molar-refractivity contribution in [2.24, 2.45) is 0 Å². The minimum Gasteiger partial charge on any atom is -0.435 e. The molecule has 0 saturated carbocycles. The molecule has 0 atom stereocenters. The van der Waals surface area contributed by atoms with Crippen molar-refractivity contribution in [3.63, 3.8) is 0 Å². The number of fused-ring (bicyclic) bond motifs is 1. The molecule has 0 bridgehead atoms. The van der Waals surface area contributed by atoms with E-state index in [0.29, 0.717) is 5.56 Å². The number of amides is 1. The topological polar surface area (TPSA) is 110 Å². The summed E-state index contributed by atoms with van der Waals surface area (Å²) >= 11 is 0. The molecule has 0 unspecified atom stereocenters. The molecule has 38 heavy (non-hydrogen) atoms. The largest absolute Gasteiger partial charge is 0.435 e. The fourth-order valence-corrected chi connectivity index (χ4v) is 4.43. The first kappa shape index (κ1) is 26.9. The predicted molar refractivity (Wildman–Crippen MR) is 127 cm³/mol. The lowest BCUT2D eigenvalue weighted by Crippen LogP contribution is -2.31. The Morgan fingerprint density at radius 1 is 1.11 bits per heavy atom. The van der Waals surface area contributed by atoms with Gasteiger partial charge in [0.1, 0.15) is 11.4 Å². The summed E-state index contributed by atoms with van der Waals surface area (Å²) in [6, 6.07) is 10.6. The number of hydrogen-bond acceptors (Lipinski definition) is 5. The van der Waals surface area contributed by atoms with Crippen molar-refractivity contribution in [2.75, 3.05) is 6.26 Å². The standard InChI is InChI=1S/C24H18F5N3O5S/c1-38(35,36)31-22(34)20-19(16-3-2-10-30-21(16)33)17-11-14(24(27,28)29)6-9-18(17)32(20)12-13-4-7-15(8-5-13)37-23(25)26/h2-11,23H,12H2,1H3,(H,30,33)(H,31,34). The van der Waals surface area contributed by atoms with Gasteiger partial charge in [0.05, 0.1) is 11.8 Å². The molecule has 0 fully saturated rings. The number of benzene rings is 2. The van der Waals surface area contributed by atoms with E-state index in [0.717, 1.165) is 24.5 Å². The number of carbonyl (C=O) groups is 1. The van der Waals surface area contributed by atoms with Crippen LogP contribution in [0.25, 0.3) is 22.0 Å². The number of aromatic amines is 1. The van der Waals surface area contributed by atoms with Crippen LogP contribution >= 0.6 is 0 Å². The highest BCUT2D eigenvalue weighted by molar-refractivity contribution is 7.89. The van der Waals surface area contributed by atoms with Gasteiger partial charge in [-0.3, -0.25) is 9.59 Å². The quantitative estimate of drug-likeness (QED) is 0.330. The van der Waals surface area contributed by atoms with Crippen LogP contribution in [0, 0.1) is 0 Å². The van der Waals surface area contributed by atoms with Gasteiger partial charge >= 0.3 is 12.8 Å². The summed E-state index contributed by atoms with van der Waals surface area (Å²) in [6.45, 7) is -3.26. The van der Waals surface area contributed by atoms with Crippen LogP contribution in [-0.4, -0.2) is 36.7 Å². The number of hydrogen-bond donors (Lipinski definition) is 2. The third kappa shape index (κ3) is 5.69. The van der Waals surface area contributed by atoms with Crippen LogP contribution in [0.5, 0.6) is 5.75 Å². The number of nitrogens with one attached hydrogen (secondary N) is 2. The number of sulfonamides is 1. The maximum Gasteiger partial charge on any atom is 0.416 e. The van der Waals surface area contributed by atoms with Crippen LogP contribution in [0.4, 0.5) is 22.0 Å². The number of nitrogens with zero attached hydrogens (tertiary/aromatic N) is 1. The van der Waals surface area contributed by atoms with Crippen molar-refractivity contribution in [1.29, 1.82) is 0 Å². The summed E-state index contributed by atoms with van der Waals surface area (Å²) in [5, 5.41) is -0.132. The van der Waals surface area contributed by atoms with Crippen LogP contribution in [0.1, 0.15) is 21.6 Å². The zero-order valence-electron chi connectivity index (χ0n) is 19.3. The Hall–Kier alpha value is -4.20. The van der Waals surface area contributed by atoms with Crippen LogP contribution in [0.2, 0.25) is 0 Å². The Bertz CT molecular complexity index is 1680. The molecule has 14 heteroatoms. The summed E-state index contributed by atoms with van der Waals surface area (Å²) in [6.07, 6.45) is -2.76. The number of rotatable bonds is 7. The van der Waals surface area contributed by atoms with Crippen molar-refractivity contribution in [3.8, 4) is 16.9 Å². The van der Waals surface area contributed by atoms with E-state index in [1.807, 2.05) is 0 Å². The number of ether oxygens (including phenoxy) is 1. The molecular formula is C24H18F5N3O5S. The number of alkyl halides is 5. The summed E-state index contributed by atoms with van der Waals surface area (Å²) in [7, 11) is -4.12. The molecule has 2 aromatic heterocycles. The second-order valence-corrected chi connectivity index (χ2v) is 9.93. The lowest BCUT2D eigenvalue weighted by Gasteiger charge is -2.13. The van der Waals surface area contributed by atoms with Gasteiger partial charge in [-0.25, -0.2) is 13.1 Å². The minimum absolute atomic E-state index is 0.0859. The highest BCUT2D eigenvalue weighted by Gasteiger charge is 2.33. The fraction of sp³-hybridized carbons (Fsp3) is 0.167. The molecule has 0 aliphatic heterocycles. The maximum atomic E-state index is 13.6. The van der Waals surface area contributed by atoms with Crippen molar-refractivity contribution in [1.82, 2.24) is 14.3 Å². The van der Waals surface area contributed by atoms with E-state index in [1.54, 1.807) is 4.72 Å². The molecule has 2 aromatic carbocycles. The van der Waals surface area contributed by atoms with E-state index < -0.39 is 45.5 Å². The van der Waals surface area contributed by atoms with Gasteiger partial charge in [-0.05, 0) is 48.0 Å². The third-order valence-corrected chi connectivity index (χ3v) is 6.02. The SMILES string of the molecule is CS(=O)(=O)NC(=O)c1c(-c2ccc[nH]c2=O)c2cc(C(F)(F)F)ccc2n1Cc1ccc(OC(F)F)cc1. The number of pyridine rings is 1. The van der Waals surface area contributed by atoms with Crippen LogP contribution < -0.4 is 15.0 Å². The van der Waals surface area contributed by atoms with Crippen molar-refractivity contribution in [3.05, 3.63) is 88.0 Å². The van der Waals surface area contributed by atoms with E-state index in [1.165, 1.54) is 47.2 Å². The van der Waals surface area contributed by atoms with Crippen LogP contribution in [-0.2, 0) is 22.7 Å². The second kappa shape index (κ2) is 9.93. The van der Waals surface area contributed by atoms with E-state index in [2.05, 4.69) is 9.72 Å². The first-order chi connectivity index (χ1) is 17.7. The van der Waals surface area contributed by atoms with E-state index in [4.69, 9.17) is 0 Å². The molecule has 200 valence electrons. The number of H-pyrrole nitrogens is 1. The average Bonchev–Trinajstić information content (AvgIpc) is 3.12. The molecule has 0 saturated heterocycles. The molecule has 0 spiro atoms. The van der Waals surface area contributed by atoms with Crippen molar-refractivity contribution >= 4 is 26.8 Å². The van der Waals surface area contributed by atoms with Gasteiger partial charge in [-0.15, -0.1) is 0 Å². The van der Waals surface area contributed by atoms with E-state index >= 15 is 0 Å². The molecule has 0 aliphatic rings. The highest BCUT2D eigenvalue weighted by atomic mass is 32.2. The molecule has 8 nitrogen and oxygen atoms in total. The van der Waals surface area contributed by atoms with Gasteiger partial charge in [0.25, 0.3) is 11.5 Å². The molecule has 1 amide bonds. The summed E-state index contributed by atoms with van der Waals surface area (Å²) < 4.78 is 96.9. The molecular weight excluding hydrogens is 537 g/mol. The second-order valence-electron chi connectivity index (χ2n) is 8.18. The third-order valence-electron chi connectivity index (χ3n) is 5.46. The Labute approximate surface area is 211 Å². The summed E-state index contributed by atoms with van der Waals surface area (Å²) in [5.74, 6) is -1.34. The maximum absolute atomic E-state index is 13.6. The Morgan fingerprint density at radius 3 is 2.37 bits per heavy atom. The molecule has 2 heterocycles. The highest BCUT2D eigenvalue weighted by Crippen LogP contribution is 2.38. The van der Waals surface area contributed by atoms with E-state index in [9.17, 15) is 40.0 Å². The first-order valence-corrected chi connectivity index (χ1v) is 12.6. The van der Waals surface area contributed by atoms with Gasteiger partial charge in [-0.2, -0.15) is 22.0 Å². The van der Waals surface area contributed by atoms with Crippen LogP contribution in [0.15, 0.2) is 65.6 Å². The van der Waals surface area contributed by atoms with Gasteiger partial charge in [0, 0.05) is 34.8 Å². The molecule has 2 N–H and O–H groups in total. The lowest BCUT2D eigenvalue weighted by atomic mass is 10.0. The molecule has 0 aliphatic carbocycles. The Kier molecular flexibility index (Phi) is 7.02. The minimum atomic E-state index is -4.76. The number of carbonyl (C=O) groups excluding carboxylic acids is 1. The molecule has 4 aromatic rings. The zero-order chi connectivity index (χ0) is 27.8. The van der Waals surface area contributed by atoms with E-state index in [-0.39, 0.29) is 34.3 Å². The molecule has 0 radical (unpaired) electrons.